The van der Waals surface area contributed by atoms with Crippen molar-refractivity contribution < 1.29 is 14.3 Å². The van der Waals surface area contributed by atoms with Crippen molar-refractivity contribution in [2.45, 2.75) is 12.5 Å². The Morgan fingerprint density at radius 1 is 1.00 bits per heavy atom. The van der Waals surface area contributed by atoms with Gasteiger partial charge in [0.05, 0.1) is 19.8 Å². The average molecular weight is 382 g/mol. The first-order valence-electron chi connectivity index (χ1n) is 9.31. The van der Waals surface area contributed by atoms with Crippen LogP contribution in [0.3, 0.4) is 0 Å². The van der Waals surface area contributed by atoms with E-state index in [1.807, 2.05) is 30.3 Å². The van der Waals surface area contributed by atoms with Crippen LogP contribution in [-0.2, 0) is 19.9 Å². The largest absolute Gasteiger partial charge is 0.379 e. The Bertz CT molecular complexity index is 800. The molecule has 1 atom stereocenters. The van der Waals surface area contributed by atoms with Crippen LogP contribution in [0.25, 0.3) is 0 Å². The lowest BCUT2D eigenvalue weighted by atomic mass is 9.92. The molecule has 1 fully saturated rings. The molecule has 1 heterocycles. The highest BCUT2D eigenvalue weighted by molar-refractivity contribution is 5.98. The van der Waals surface area contributed by atoms with E-state index in [4.69, 9.17) is 10.5 Å². The highest BCUT2D eigenvalue weighted by atomic mass is 16.5. The number of anilines is 2. The summed E-state index contributed by atoms with van der Waals surface area (Å²) in [5, 5.41) is 5.70. The predicted molar refractivity (Wildman–Crippen MR) is 109 cm³/mol. The van der Waals surface area contributed by atoms with Gasteiger partial charge < -0.3 is 21.1 Å². The monoisotopic (exact) mass is 382 g/mol. The fourth-order valence-corrected chi connectivity index (χ4v) is 2.98. The van der Waals surface area contributed by atoms with Crippen LogP contribution in [0.15, 0.2) is 54.6 Å². The van der Waals surface area contributed by atoms with E-state index in [1.165, 1.54) is 0 Å². The molecule has 1 aliphatic heterocycles. The zero-order chi connectivity index (χ0) is 20.0. The summed E-state index contributed by atoms with van der Waals surface area (Å²) in [6.45, 7) is 4.85. The van der Waals surface area contributed by atoms with Crippen LogP contribution < -0.4 is 16.4 Å². The van der Waals surface area contributed by atoms with Crippen molar-refractivity contribution in [3.05, 3.63) is 60.2 Å². The van der Waals surface area contributed by atoms with Gasteiger partial charge >= 0.3 is 0 Å². The zero-order valence-corrected chi connectivity index (χ0v) is 16.0. The van der Waals surface area contributed by atoms with Crippen LogP contribution in [0, 0.1) is 0 Å². The Balaban J connectivity index is 1.55. The Hall–Kier alpha value is -2.74. The van der Waals surface area contributed by atoms with Crippen molar-refractivity contribution in [1.29, 1.82) is 0 Å². The Morgan fingerprint density at radius 3 is 2.18 bits per heavy atom. The number of carbonyl (C=O) groups is 2. The van der Waals surface area contributed by atoms with Crippen LogP contribution in [0.4, 0.5) is 11.4 Å². The Labute approximate surface area is 164 Å². The van der Waals surface area contributed by atoms with Crippen LogP contribution in [0.1, 0.15) is 12.5 Å². The highest BCUT2D eigenvalue weighted by Crippen LogP contribution is 2.21. The van der Waals surface area contributed by atoms with Crippen molar-refractivity contribution in [3.63, 3.8) is 0 Å². The van der Waals surface area contributed by atoms with E-state index < -0.39 is 5.54 Å². The molecule has 7 nitrogen and oxygen atoms in total. The lowest BCUT2D eigenvalue weighted by Gasteiger charge is -2.25. The van der Waals surface area contributed by atoms with Gasteiger partial charge in [0, 0.05) is 24.5 Å². The minimum Gasteiger partial charge on any atom is -0.379 e. The molecular weight excluding hydrogens is 356 g/mol. The topological polar surface area (TPSA) is 96.7 Å². The molecule has 2 aromatic carbocycles. The molecule has 0 spiro atoms. The van der Waals surface area contributed by atoms with Crippen molar-refractivity contribution in [1.82, 2.24) is 4.90 Å². The van der Waals surface area contributed by atoms with Crippen molar-refractivity contribution in [2.24, 2.45) is 5.73 Å². The SMILES string of the molecule is CC(N)(C(=O)Nc1ccc(NC(=O)CN2CCOCC2)cc1)c1ccccc1. The molecule has 1 saturated heterocycles. The molecule has 7 heteroatoms. The number of nitrogens with one attached hydrogen (secondary N) is 2. The smallest absolute Gasteiger partial charge is 0.248 e. The molecule has 1 unspecified atom stereocenters. The number of carbonyl (C=O) groups excluding carboxylic acids is 2. The minimum atomic E-state index is -1.15. The maximum absolute atomic E-state index is 12.6. The van der Waals surface area contributed by atoms with E-state index in [0.29, 0.717) is 31.1 Å². The molecule has 4 N–H and O–H groups in total. The number of nitrogens with zero attached hydrogens (tertiary/aromatic N) is 1. The van der Waals surface area contributed by atoms with Gasteiger partial charge in [-0.3, -0.25) is 14.5 Å². The van der Waals surface area contributed by atoms with E-state index in [-0.39, 0.29) is 11.8 Å². The number of benzene rings is 2. The summed E-state index contributed by atoms with van der Waals surface area (Å²) >= 11 is 0. The standard InChI is InChI=1S/C21H26N4O3/c1-21(22,16-5-3-2-4-6-16)20(27)24-18-9-7-17(8-10-18)23-19(26)15-25-11-13-28-14-12-25/h2-10H,11-15,22H2,1H3,(H,23,26)(H,24,27). The van der Waals surface area contributed by atoms with Crippen LogP contribution in [0.2, 0.25) is 0 Å². The fourth-order valence-electron chi connectivity index (χ4n) is 2.98. The van der Waals surface area contributed by atoms with E-state index in [2.05, 4.69) is 15.5 Å². The summed E-state index contributed by atoms with van der Waals surface area (Å²) in [5.41, 5.74) is 7.11. The number of amides is 2. The van der Waals surface area contributed by atoms with E-state index in [1.54, 1.807) is 31.2 Å². The predicted octanol–water partition coefficient (Wildman–Crippen LogP) is 1.77. The molecule has 148 valence electrons. The van der Waals surface area contributed by atoms with Gasteiger partial charge in [-0.25, -0.2) is 0 Å². The van der Waals surface area contributed by atoms with Crippen LogP contribution in [-0.4, -0.2) is 49.6 Å². The van der Waals surface area contributed by atoms with Gasteiger partial charge in [-0.15, -0.1) is 0 Å². The van der Waals surface area contributed by atoms with Gasteiger partial charge in [-0.2, -0.15) is 0 Å². The Morgan fingerprint density at radius 2 is 1.57 bits per heavy atom. The van der Waals surface area contributed by atoms with Crippen LogP contribution >= 0.6 is 0 Å². The van der Waals surface area contributed by atoms with Crippen molar-refractivity contribution >= 4 is 23.2 Å². The lowest BCUT2D eigenvalue weighted by Crippen LogP contribution is -2.45. The third-order valence-electron chi connectivity index (χ3n) is 4.74. The second-order valence-electron chi connectivity index (χ2n) is 7.04. The quantitative estimate of drug-likeness (QED) is 0.708. The van der Waals surface area contributed by atoms with E-state index >= 15 is 0 Å². The summed E-state index contributed by atoms with van der Waals surface area (Å²) < 4.78 is 5.28. The summed E-state index contributed by atoms with van der Waals surface area (Å²) in [7, 11) is 0. The van der Waals surface area contributed by atoms with Crippen molar-refractivity contribution in [2.75, 3.05) is 43.5 Å². The highest BCUT2D eigenvalue weighted by Gasteiger charge is 2.30. The fraction of sp³-hybridized carbons (Fsp3) is 0.333. The normalized spacial score (nSPS) is 16.8. The number of hydrogen-bond acceptors (Lipinski definition) is 5. The number of ether oxygens (including phenoxy) is 1. The molecular formula is C21H26N4O3. The van der Waals surface area contributed by atoms with Crippen molar-refractivity contribution in [3.8, 4) is 0 Å². The van der Waals surface area contributed by atoms with Gasteiger partial charge in [0.2, 0.25) is 11.8 Å². The first-order chi connectivity index (χ1) is 13.4. The number of nitrogens with two attached hydrogens (primary N) is 1. The van der Waals surface area contributed by atoms with Gasteiger partial charge in [0.1, 0.15) is 5.54 Å². The van der Waals surface area contributed by atoms with Gasteiger partial charge in [0.15, 0.2) is 0 Å². The van der Waals surface area contributed by atoms with E-state index in [9.17, 15) is 9.59 Å². The first-order valence-corrected chi connectivity index (χ1v) is 9.31. The van der Waals surface area contributed by atoms with Crippen LogP contribution in [0.5, 0.6) is 0 Å². The number of morpholine rings is 1. The summed E-state index contributed by atoms with van der Waals surface area (Å²) in [4.78, 5) is 26.8. The van der Waals surface area contributed by atoms with Gasteiger partial charge in [-0.05, 0) is 36.8 Å². The maximum atomic E-state index is 12.6. The molecule has 0 aromatic heterocycles. The Kier molecular flexibility index (Phi) is 6.41. The van der Waals surface area contributed by atoms with Gasteiger partial charge in [-0.1, -0.05) is 30.3 Å². The zero-order valence-electron chi connectivity index (χ0n) is 16.0. The maximum Gasteiger partial charge on any atom is 0.248 e. The summed E-state index contributed by atoms with van der Waals surface area (Å²) in [5.74, 6) is -0.375. The number of rotatable bonds is 6. The molecule has 0 bridgehead atoms. The third-order valence-corrected chi connectivity index (χ3v) is 4.74. The molecule has 0 saturated carbocycles. The summed E-state index contributed by atoms with van der Waals surface area (Å²) in [6.07, 6.45) is 0. The molecule has 3 rings (SSSR count). The molecule has 0 aliphatic carbocycles. The van der Waals surface area contributed by atoms with Gasteiger partial charge in [0.25, 0.3) is 0 Å². The summed E-state index contributed by atoms with van der Waals surface area (Å²) in [6, 6.07) is 16.2. The third kappa shape index (κ3) is 5.16. The first kappa shape index (κ1) is 20.0. The molecule has 1 aliphatic rings. The molecule has 28 heavy (non-hydrogen) atoms. The molecule has 0 radical (unpaired) electrons. The average Bonchev–Trinajstić information content (AvgIpc) is 2.71. The number of hydrogen-bond donors (Lipinski definition) is 3. The van der Waals surface area contributed by atoms with E-state index in [0.717, 1.165) is 18.7 Å². The second-order valence-corrected chi connectivity index (χ2v) is 7.04. The minimum absolute atomic E-state index is 0.0719. The second kappa shape index (κ2) is 8.97. The molecule has 2 aromatic rings. The lowest BCUT2D eigenvalue weighted by molar-refractivity contribution is -0.121. The molecule has 2 amide bonds.